The summed E-state index contributed by atoms with van der Waals surface area (Å²) in [6.45, 7) is 1.73. The molecule has 0 heterocycles. The lowest BCUT2D eigenvalue weighted by atomic mass is 9.96. The number of rotatable bonds is 9. The smallest absolute Gasteiger partial charge is 0.376 e. The number of nitriles is 3. The van der Waals surface area contributed by atoms with Gasteiger partial charge >= 0.3 is 18.5 Å². The van der Waals surface area contributed by atoms with Gasteiger partial charge in [0, 0.05) is 0 Å². The highest BCUT2D eigenvalue weighted by Crippen LogP contribution is 2.42. The fraction of sp³-hybridized carbons (Fsp3) is 0.188. The van der Waals surface area contributed by atoms with Crippen molar-refractivity contribution in [1.29, 1.82) is 15.8 Å². The number of hydrogen-bond acceptors (Lipinski definition) is 12. The molecular weight excluding hydrogens is 1140 g/mol. The van der Waals surface area contributed by atoms with Gasteiger partial charge in [0.05, 0.1) is 79.3 Å². The molecule has 12 nitrogen and oxygen atoms in total. The zero-order valence-electron chi connectivity index (χ0n) is 38.0. The highest BCUT2D eigenvalue weighted by Gasteiger charge is 2.53. The minimum absolute atomic E-state index is 0.167. The van der Waals surface area contributed by atoms with Crippen molar-refractivity contribution in [3.63, 3.8) is 0 Å². The highest BCUT2D eigenvalue weighted by atomic mass is 35.5. The van der Waals surface area contributed by atoms with Crippen LogP contribution in [0.25, 0.3) is 0 Å². The zero-order chi connectivity index (χ0) is 57.1. The second-order valence-corrected chi connectivity index (χ2v) is 23.0. The number of sulfone groups is 3. The minimum atomic E-state index is -4.91. The van der Waals surface area contributed by atoms with Gasteiger partial charge in [-0.05, 0) is 128 Å². The van der Waals surface area contributed by atoms with Crippen molar-refractivity contribution in [2.45, 2.75) is 85.5 Å². The molecule has 0 amide bonds. The standard InChI is InChI=1S/3C16H11ClF3NO3S/c3*1-15(22,16(18,19)20)11-3-5-12(6-4-11)25(23,24)14-7-2-10(9-21)8-13(14)17/h3*2-8,22H,1H3/t2*15-;/m10./s1. The first-order valence-corrected chi connectivity index (χ1v) is 25.8. The number of benzene rings is 6. The van der Waals surface area contributed by atoms with Crippen molar-refractivity contribution in [2.24, 2.45) is 0 Å². The molecule has 27 heteroatoms. The van der Waals surface area contributed by atoms with Gasteiger partial charge < -0.3 is 15.3 Å². The Balaban J connectivity index is 0.000000243. The topological polar surface area (TPSA) is 234 Å². The first kappa shape index (κ1) is 61.3. The monoisotopic (exact) mass is 1170 g/mol. The number of aliphatic hydroxyl groups is 3. The molecule has 6 aromatic carbocycles. The van der Waals surface area contributed by atoms with Gasteiger partial charge in [-0.3, -0.25) is 0 Å². The quantitative estimate of drug-likeness (QED) is 0.115. The summed E-state index contributed by atoms with van der Waals surface area (Å²) >= 11 is 17.7. The normalized spacial score (nSPS) is 14.6. The number of hydrogen-bond donors (Lipinski definition) is 3. The Morgan fingerprint density at radius 1 is 0.373 bits per heavy atom. The van der Waals surface area contributed by atoms with E-state index in [0.29, 0.717) is 20.8 Å². The minimum Gasteiger partial charge on any atom is -0.376 e. The average molecular weight is 1170 g/mol. The summed E-state index contributed by atoms with van der Waals surface area (Å²) in [6, 6.07) is 27.3. The number of halogens is 12. The summed E-state index contributed by atoms with van der Waals surface area (Å²) in [5, 5.41) is 54.6. The van der Waals surface area contributed by atoms with E-state index < -0.39 is 81.5 Å². The molecule has 6 aromatic rings. The SMILES string of the molecule is CC(O)(c1ccc(S(=O)(=O)c2ccc(C#N)cc2Cl)cc1)C(F)(F)F.C[C@@](O)(c1ccc(S(=O)(=O)c2ccc(C#N)cc2Cl)cc1)C(F)(F)F.C[C@](O)(c1ccc(S(=O)(=O)c2ccc(C#N)cc2Cl)cc1)C(F)(F)F. The van der Waals surface area contributed by atoms with E-state index in [4.69, 9.17) is 50.6 Å². The molecule has 0 aliphatic heterocycles. The molecule has 0 aliphatic rings. The Hall–Kier alpha value is -6.24. The summed E-state index contributed by atoms with van der Waals surface area (Å²) in [5.41, 5.74) is -10.3. The molecule has 3 N–H and O–H groups in total. The van der Waals surface area contributed by atoms with Crippen LogP contribution in [-0.2, 0) is 46.3 Å². The van der Waals surface area contributed by atoms with Crippen LogP contribution >= 0.6 is 34.8 Å². The second kappa shape index (κ2) is 22.2. The van der Waals surface area contributed by atoms with Gasteiger partial charge in [-0.15, -0.1) is 0 Å². The molecule has 0 saturated heterocycles. The molecule has 75 heavy (non-hydrogen) atoms. The summed E-state index contributed by atoms with van der Waals surface area (Å²) in [7, 11) is -12.3. The van der Waals surface area contributed by atoms with Crippen LogP contribution in [0.2, 0.25) is 15.1 Å². The first-order chi connectivity index (χ1) is 34.2. The van der Waals surface area contributed by atoms with Crippen molar-refractivity contribution in [2.75, 3.05) is 0 Å². The van der Waals surface area contributed by atoms with Crippen molar-refractivity contribution in [1.82, 2.24) is 0 Å². The molecule has 0 spiro atoms. The van der Waals surface area contributed by atoms with Crippen LogP contribution in [0.15, 0.2) is 157 Å². The Kier molecular flexibility index (Phi) is 18.1. The molecule has 0 aromatic heterocycles. The van der Waals surface area contributed by atoms with Gasteiger partial charge in [0.15, 0.2) is 16.8 Å². The fourth-order valence-corrected chi connectivity index (χ4v) is 11.5. The largest absolute Gasteiger partial charge is 0.421 e. The van der Waals surface area contributed by atoms with Crippen LogP contribution in [0.5, 0.6) is 0 Å². The Bertz CT molecular complexity index is 3220. The molecule has 0 aliphatic carbocycles. The van der Waals surface area contributed by atoms with E-state index in [-0.39, 0.29) is 61.1 Å². The maximum atomic E-state index is 12.8. The summed E-state index contributed by atoms with van der Waals surface area (Å²) in [4.78, 5) is -1.70. The molecule has 1 unspecified atom stereocenters. The van der Waals surface area contributed by atoms with Gasteiger partial charge in [0.2, 0.25) is 29.5 Å². The van der Waals surface area contributed by atoms with Gasteiger partial charge in [0.1, 0.15) is 0 Å². The second-order valence-electron chi connectivity index (χ2n) is 16.1. The molecule has 6 rings (SSSR count). The van der Waals surface area contributed by atoms with Gasteiger partial charge in [-0.1, -0.05) is 71.2 Å². The lowest BCUT2D eigenvalue weighted by molar-refractivity contribution is -0.259. The Morgan fingerprint density at radius 2 is 0.560 bits per heavy atom. The number of nitrogens with zero attached hydrogens (tertiary/aromatic N) is 3. The third-order valence-corrected chi connectivity index (χ3v) is 17.6. The maximum absolute atomic E-state index is 12.8. The maximum Gasteiger partial charge on any atom is 0.421 e. The van der Waals surface area contributed by atoms with Crippen LogP contribution in [0.3, 0.4) is 0 Å². The molecular formula is C48H33Cl3F9N3O9S3. The lowest BCUT2D eigenvalue weighted by Gasteiger charge is -2.26. The molecule has 3 atom stereocenters. The molecule has 0 fully saturated rings. The predicted octanol–water partition coefficient (Wildman–Crippen LogP) is 11.4. The van der Waals surface area contributed by atoms with Crippen LogP contribution in [-0.4, -0.2) is 59.1 Å². The van der Waals surface area contributed by atoms with E-state index in [0.717, 1.165) is 91.0 Å². The highest BCUT2D eigenvalue weighted by molar-refractivity contribution is 7.92. The molecule has 396 valence electrons. The van der Waals surface area contributed by atoms with Crippen molar-refractivity contribution < 1.29 is 80.1 Å². The van der Waals surface area contributed by atoms with Gasteiger partial charge in [0.25, 0.3) is 0 Å². The van der Waals surface area contributed by atoms with E-state index in [9.17, 15) is 80.1 Å². The molecule has 0 radical (unpaired) electrons. The summed E-state index contributed by atoms with van der Waals surface area (Å²) < 4.78 is 191. The summed E-state index contributed by atoms with van der Waals surface area (Å²) in [6.07, 6.45) is -14.7. The van der Waals surface area contributed by atoms with E-state index in [1.807, 2.05) is 18.2 Å². The Labute approximate surface area is 437 Å². The van der Waals surface area contributed by atoms with Crippen molar-refractivity contribution >= 4 is 64.3 Å². The third-order valence-electron chi connectivity index (χ3n) is 10.9. The van der Waals surface area contributed by atoms with Crippen LogP contribution in [0, 0.1) is 34.0 Å². The molecule has 0 saturated carbocycles. The van der Waals surface area contributed by atoms with E-state index >= 15 is 0 Å². The van der Waals surface area contributed by atoms with Crippen molar-refractivity contribution in [3.8, 4) is 18.2 Å². The van der Waals surface area contributed by atoms with Crippen molar-refractivity contribution in [3.05, 3.63) is 176 Å². The van der Waals surface area contributed by atoms with Crippen LogP contribution < -0.4 is 0 Å². The van der Waals surface area contributed by atoms with Crippen LogP contribution in [0.1, 0.15) is 54.2 Å². The lowest BCUT2D eigenvalue weighted by Crippen LogP contribution is -2.39. The first-order valence-electron chi connectivity index (χ1n) is 20.3. The number of alkyl halides is 9. The van der Waals surface area contributed by atoms with Gasteiger partial charge in [-0.2, -0.15) is 55.3 Å². The summed E-state index contributed by atoms with van der Waals surface area (Å²) in [5.74, 6) is 0. The van der Waals surface area contributed by atoms with E-state index in [2.05, 4.69) is 0 Å². The predicted molar refractivity (Wildman–Crippen MR) is 251 cm³/mol. The molecule has 0 bridgehead atoms. The van der Waals surface area contributed by atoms with E-state index in [1.54, 1.807) is 0 Å². The Morgan fingerprint density at radius 3 is 0.707 bits per heavy atom. The zero-order valence-corrected chi connectivity index (χ0v) is 42.7. The van der Waals surface area contributed by atoms with Gasteiger partial charge in [-0.25, -0.2) is 25.3 Å². The third kappa shape index (κ3) is 13.1. The average Bonchev–Trinajstić information content (AvgIpc) is 3.33. The fourth-order valence-electron chi connectivity index (χ4n) is 6.11. The van der Waals surface area contributed by atoms with E-state index in [1.165, 1.54) is 36.4 Å². The van der Waals surface area contributed by atoms with Crippen LogP contribution in [0.4, 0.5) is 39.5 Å².